The summed E-state index contributed by atoms with van der Waals surface area (Å²) >= 11 is 0. The topological polar surface area (TPSA) is 37.9 Å². The number of pyridine rings is 1. The first kappa shape index (κ1) is 14.1. The van der Waals surface area contributed by atoms with Crippen LogP contribution in [0, 0.1) is 0 Å². The number of nitrogens with one attached hydrogen (secondary N) is 1. The van der Waals surface area contributed by atoms with Crippen molar-refractivity contribution in [2.45, 2.75) is 0 Å². The van der Waals surface area contributed by atoms with Crippen LogP contribution in [0.25, 0.3) is 43.8 Å². The summed E-state index contributed by atoms with van der Waals surface area (Å²) in [4.78, 5) is 8.18. The highest BCUT2D eigenvalue weighted by atomic mass is 16.5. The monoisotopic (exact) mass is 324 g/mol. The molecule has 5 aromatic rings. The summed E-state index contributed by atoms with van der Waals surface area (Å²) in [6, 6.07) is 23.0. The number of H-pyrrole nitrogens is 1. The largest absolute Gasteiger partial charge is 0.497 e. The van der Waals surface area contributed by atoms with Gasteiger partial charge in [0.05, 0.1) is 23.8 Å². The lowest BCUT2D eigenvalue weighted by Crippen LogP contribution is -1.85. The number of nitrogens with zero attached hydrogens (tertiary/aromatic N) is 1. The maximum Gasteiger partial charge on any atom is 0.120 e. The molecule has 0 atom stereocenters. The van der Waals surface area contributed by atoms with Gasteiger partial charge in [-0.3, -0.25) is 4.98 Å². The molecule has 0 aliphatic rings. The van der Waals surface area contributed by atoms with Crippen molar-refractivity contribution in [3.63, 3.8) is 0 Å². The third kappa shape index (κ3) is 2.17. The minimum Gasteiger partial charge on any atom is -0.497 e. The van der Waals surface area contributed by atoms with E-state index < -0.39 is 0 Å². The van der Waals surface area contributed by atoms with Crippen molar-refractivity contribution in [1.82, 2.24) is 9.97 Å². The van der Waals surface area contributed by atoms with E-state index in [-0.39, 0.29) is 0 Å². The van der Waals surface area contributed by atoms with Crippen LogP contribution in [0.2, 0.25) is 0 Å². The minimum absolute atomic E-state index is 0.847. The van der Waals surface area contributed by atoms with Crippen LogP contribution >= 0.6 is 0 Å². The van der Waals surface area contributed by atoms with Gasteiger partial charge < -0.3 is 9.72 Å². The quantitative estimate of drug-likeness (QED) is 0.462. The van der Waals surface area contributed by atoms with E-state index in [9.17, 15) is 0 Å². The van der Waals surface area contributed by atoms with Crippen LogP contribution in [-0.4, -0.2) is 17.1 Å². The Morgan fingerprint density at radius 3 is 2.60 bits per heavy atom. The van der Waals surface area contributed by atoms with Crippen molar-refractivity contribution in [2.75, 3.05) is 7.11 Å². The molecule has 0 amide bonds. The van der Waals surface area contributed by atoms with Gasteiger partial charge in [-0.05, 0) is 35.0 Å². The summed E-state index contributed by atoms with van der Waals surface area (Å²) in [5.74, 6) is 0.847. The first-order valence-corrected chi connectivity index (χ1v) is 8.27. The average molecular weight is 324 g/mol. The lowest BCUT2D eigenvalue weighted by atomic mass is 10.0. The van der Waals surface area contributed by atoms with Gasteiger partial charge in [0, 0.05) is 28.6 Å². The van der Waals surface area contributed by atoms with E-state index in [1.54, 1.807) is 7.11 Å². The summed E-state index contributed by atoms with van der Waals surface area (Å²) in [7, 11) is 1.69. The minimum atomic E-state index is 0.847. The van der Waals surface area contributed by atoms with E-state index in [0.717, 1.165) is 28.0 Å². The summed E-state index contributed by atoms with van der Waals surface area (Å²) in [6.45, 7) is 0. The van der Waals surface area contributed by atoms with Crippen LogP contribution in [-0.2, 0) is 0 Å². The first-order valence-electron chi connectivity index (χ1n) is 8.27. The number of aromatic nitrogens is 2. The summed E-state index contributed by atoms with van der Waals surface area (Å²) in [5.41, 5.74) is 4.20. The number of fused-ring (bicyclic) bond motifs is 4. The average Bonchev–Trinajstić information content (AvgIpc) is 3.05. The summed E-state index contributed by atoms with van der Waals surface area (Å²) in [6.07, 6.45) is 1.88. The highest BCUT2D eigenvalue weighted by Crippen LogP contribution is 2.34. The SMILES string of the molecule is COc1ccc2c(c1)[nH]c1c(-c3ccc4ccccc4c3)nccc12. The van der Waals surface area contributed by atoms with E-state index in [0.29, 0.717) is 0 Å². The number of benzene rings is 3. The van der Waals surface area contributed by atoms with Gasteiger partial charge in [0.15, 0.2) is 0 Å². The molecule has 3 nitrogen and oxygen atoms in total. The van der Waals surface area contributed by atoms with E-state index >= 15 is 0 Å². The molecule has 2 aromatic heterocycles. The molecule has 0 saturated carbocycles. The predicted molar refractivity (Wildman–Crippen MR) is 103 cm³/mol. The zero-order valence-electron chi connectivity index (χ0n) is 13.8. The van der Waals surface area contributed by atoms with Gasteiger partial charge in [-0.25, -0.2) is 0 Å². The fraction of sp³-hybridized carbons (Fsp3) is 0.0455. The predicted octanol–water partition coefficient (Wildman–Crippen LogP) is 5.54. The van der Waals surface area contributed by atoms with Gasteiger partial charge in [-0.15, -0.1) is 0 Å². The molecule has 0 bridgehead atoms. The van der Waals surface area contributed by atoms with Gasteiger partial charge in [-0.2, -0.15) is 0 Å². The molecule has 0 unspecified atom stereocenters. The van der Waals surface area contributed by atoms with Crippen LogP contribution < -0.4 is 4.74 Å². The highest BCUT2D eigenvalue weighted by molar-refractivity contribution is 6.11. The second-order valence-electron chi connectivity index (χ2n) is 6.18. The Morgan fingerprint density at radius 2 is 1.72 bits per heavy atom. The van der Waals surface area contributed by atoms with E-state index in [4.69, 9.17) is 4.74 Å². The first-order chi connectivity index (χ1) is 12.3. The van der Waals surface area contributed by atoms with Gasteiger partial charge in [0.25, 0.3) is 0 Å². The molecule has 25 heavy (non-hydrogen) atoms. The standard InChI is InChI=1S/C22H16N2O/c1-25-17-8-9-18-19-10-11-23-21(22(19)24-20(18)13-17)16-7-6-14-4-2-3-5-15(14)12-16/h2-13,24H,1H3. The Hall–Kier alpha value is -3.33. The zero-order valence-corrected chi connectivity index (χ0v) is 13.8. The maximum absolute atomic E-state index is 5.35. The number of aromatic amines is 1. The maximum atomic E-state index is 5.35. The lowest BCUT2D eigenvalue weighted by molar-refractivity contribution is 0.415. The number of methoxy groups -OCH3 is 1. The van der Waals surface area contributed by atoms with Gasteiger partial charge in [-0.1, -0.05) is 36.4 Å². The molecule has 0 radical (unpaired) electrons. The second-order valence-corrected chi connectivity index (χ2v) is 6.18. The van der Waals surface area contributed by atoms with Gasteiger partial charge in [0.1, 0.15) is 5.75 Å². The van der Waals surface area contributed by atoms with Crippen LogP contribution in [0.5, 0.6) is 5.75 Å². The normalized spacial score (nSPS) is 11.4. The molecule has 1 N–H and O–H groups in total. The van der Waals surface area contributed by atoms with Crippen LogP contribution in [0.15, 0.2) is 72.9 Å². The van der Waals surface area contributed by atoms with E-state index in [2.05, 4.69) is 64.6 Å². The van der Waals surface area contributed by atoms with Crippen molar-refractivity contribution < 1.29 is 4.74 Å². The van der Waals surface area contributed by atoms with Crippen molar-refractivity contribution in [2.24, 2.45) is 0 Å². The Morgan fingerprint density at radius 1 is 0.840 bits per heavy atom. The van der Waals surface area contributed by atoms with Crippen LogP contribution in [0.3, 0.4) is 0 Å². The molecule has 0 saturated heterocycles. The van der Waals surface area contributed by atoms with E-state index in [1.165, 1.54) is 21.5 Å². The third-order valence-electron chi connectivity index (χ3n) is 4.75. The molecular weight excluding hydrogens is 308 g/mol. The molecule has 120 valence electrons. The number of hydrogen-bond donors (Lipinski definition) is 1. The van der Waals surface area contributed by atoms with Crippen molar-refractivity contribution in [3.8, 4) is 17.0 Å². The second kappa shape index (κ2) is 5.35. The molecule has 3 heteroatoms. The Balaban J connectivity index is 1.79. The number of ether oxygens (including phenoxy) is 1. The fourth-order valence-corrected chi connectivity index (χ4v) is 3.49. The van der Waals surface area contributed by atoms with Crippen LogP contribution in [0.1, 0.15) is 0 Å². The van der Waals surface area contributed by atoms with E-state index in [1.807, 2.05) is 18.3 Å². The molecule has 5 rings (SSSR count). The number of hydrogen-bond acceptors (Lipinski definition) is 2. The van der Waals surface area contributed by atoms with Crippen molar-refractivity contribution in [3.05, 3.63) is 72.9 Å². The Labute approximate surface area is 144 Å². The Bertz CT molecular complexity index is 1240. The fourth-order valence-electron chi connectivity index (χ4n) is 3.49. The van der Waals surface area contributed by atoms with Crippen LogP contribution in [0.4, 0.5) is 0 Å². The molecule has 0 aliphatic heterocycles. The lowest BCUT2D eigenvalue weighted by Gasteiger charge is -2.05. The van der Waals surface area contributed by atoms with Gasteiger partial charge >= 0.3 is 0 Å². The van der Waals surface area contributed by atoms with Crippen molar-refractivity contribution >= 4 is 32.6 Å². The molecular formula is C22H16N2O. The zero-order chi connectivity index (χ0) is 16.8. The van der Waals surface area contributed by atoms with Crippen molar-refractivity contribution in [1.29, 1.82) is 0 Å². The Kier molecular flexibility index (Phi) is 3.01. The summed E-state index contributed by atoms with van der Waals surface area (Å²) in [5, 5.41) is 4.81. The number of rotatable bonds is 2. The van der Waals surface area contributed by atoms with Gasteiger partial charge in [0.2, 0.25) is 0 Å². The third-order valence-corrected chi connectivity index (χ3v) is 4.75. The smallest absolute Gasteiger partial charge is 0.120 e. The molecule has 2 heterocycles. The molecule has 0 aliphatic carbocycles. The molecule has 0 spiro atoms. The molecule has 3 aromatic carbocycles. The highest BCUT2D eigenvalue weighted by Gasteiger charge is 2.11. The molecule has 0 fully saturated rings. The summed E-state index contributed by atoms with van der Waals surface area (Å²) < 4.78 is 5.35.